The summed E-state index contributed by atoms with van der Waals surface area (Å²) in [6, 6.07) is 2.33. The Hall–Kier alpha value is -1.16. The first kappa shape index (κ1) is 21.1. The van der Waals surface area contributed by atoms with Crippen LogP contribution in [0, 0.1) is 27.7 Å². The van der Waals surface area contributed by atoms with E-state index in [9.17, 15) is 25.9 Å². The normalized spacial score (nSPS) is 12.5. The predicted octanol–water partition coefficient (Wildman–Crippen LogP) is 3.70. The highest BCUT2D eigenvalue weighted by atomic mass is 35.5. The monoisotopic (exact) mass is 436 g/mol. The minimum absolute atomic E-state index is 0.212. The lowest BCUT2D eigenvalue weighted by molar-refractivity contribution is 0.460. The van der Waals surface area contributed by atoms with E-state index in [4.69, 9.17) is 23.2 Å². The molecule has 142 valence electrons. The lowest BCUT2D eigenvalue weighted by Gasteiger charge is -2.22. The molecule has 0 aliphatic carbocycles. The Morgan fingerprint density at radius 1 is 0.692 bits per heavy atom. The Morgan fingerprint density at radius 3 is 1.19 bits per heavy atom. The minimum atomic E-state index is -4.76. The lowest BCUT2D eigenvalue weighted by atomic mass is 9.89. The highest BCUT2D eigenvalue weighted by Crippen LogP contribution is 2.42. The average Bonchev–Trinajstić information content (AvgIpc) is 2.47. The Kier molecular flexibility index (Phi) is 5.51. The minimum Gasteiger partial charge on any atom is -0.744 e. The van der Waals surface area contributed by atoms with Gasteiger partial charge in [0.15, 0.2) is 0 Å². The van der Waals surface area contributed by atoms with Gasteiger partial charge in [-0.3, -0.25) is 0 Å². The summed E-state index contributed by atoms with van der Waals surface area (Å²) in [6.07, 6.45) is 0. The maximum atomic E-state index is 11.4. The zero-order chi connectivity index (χ0) is 20.2. The summed E-state index contributed by atoms with van der Waals surface area (Å²) in [6.45, 7) is 6.28. The van der Waals surface area contributed by atoms with Crippen molar-refractivity contribution in [1.29, 1.82) is 0 Å². The van der Waals surface area contributed by atoms with E-state index < -0.39 is 30.0 Å². The van der Waals surface area contributed by atoms with Crippen LogP contribution < -0.4 is 0 Å². The molecular formula is C16H14Cl2O6S2-2. The van der Waals surface area contributed by atoms with E-state index in [0.29, 0.717) is 33.4 Å². The molecule has 10 heteroatoms. The first-order valence-electron chi connectivity index (χ1n) is 7.19. The molecule has 0 heterocycles. The molecule has 0 aliphatic heterocycles. The molecule has 26 heavy (non-hydrogen) atoms. The SMILES string of the molecule is Cc1cc(S(=O)(=O)[O-])c(Cl)c(C)c1-c1c(C)cc(S(=O)(=O)[O-])c(Cl)c1C. The van der Waals surface area contributed by atoms with Crippen molar-refractivity contribution < 1.29 is 25.9 Å². The summed E-state index contributed by atoms with van der Waals surface area (Å²) >= 11 is 12.2. The summed E-state index contributed by atoms with van der Waals surface area (Å²) in [7, 11) is -9.52. The van der Waals surface area contributed by atoms with Gasteiger partial charge in [0.1, 0.15) is 20.2 Å². The van der Waals surface area contributed by atoms with Gasteiger partial charge in [0.2, 0.25) is 0 Å². The molecule has 0 unspecified atom stereocenters. The van der Waals surface area contributed by atoms with Crippen LogP contribution in [-0.2, 0) is 20.2 Å². The van der Waals surface area contributed by atoms with Crippen LogP contribution >= 0.6 is 23.2 Å². The van der Waals surface area contributed by atoms with Gasteiger partial charge in [-0.1, -0.05) is 23.2 Å². The molecule has 0 fully saturated rings. The van der Waals surface area contributed by atoms with Crippen molar-refractivity contribution in [2.45, 2.75) is 37.5 Å². The first-order chi connectivity index (χ1) is 11.7. The number of aryl methyl sites for hydroxylation is 2. The van der Waals surface area contributed by atoms with Crippen LogP contribution in [0.2, 0.25) is 10.0 Å². The van der Waals surface area contributed by atoms with Crippen molar-refractivity contribution in [1.82, 2.24) is 0 Å². The smallest absolute Gasteiger partial charge is 0.125 e. The van der Waals surface area contributed by atoms with Crippen molar-refractivity contribution in [3.63, 3.8) is 0 Å². The zero-order valence-corrected chi connectivity index (χ0v) is 17.3. The van der Waals surface area contributed by atoms with Crippen LogP contribution in [0.5, 0.6) is 0 Å². The summed E-state index contributed by atoms with van der Waals surface area (Å²) in [4.78, 5) is -1.06. The second kappa shape index (κ2) is 6.78. The predicted molar refractivity (Wildman–Crippen MR) is 96.8 cm³/mol. The maximum Gasteiger partial charge on any atom is 0.125 e. The summed E-state index contributed by atoms with van der Waals surface area (Å²) in [5.74, 6) is 0. The van der Waals surface area contributed by atoms with E-state index in [0.717, 1.165) is 12.1 Å². The molecule has 0 spiro atoms. The largest absolute Gasteiger partial charge is 0.744 e. The van der Waals surface area contributed by atoms with Crippen LogP contribution in [0.15, 0.2) is 21.9 Å². The molecule has 2 aromatic rings. The third-order valence-electron chi connectivity index (χ3n) is 4.11. The standard InChI is InChI=1S/C16H16Cl2O6S2/c1-7-5-11(25(19,20)21)15(17)9(3)13(7)14-8(2)6-12(26(22,23)24)16(18)10(14)4/h5-6H,1-4H3,(H,19,20,21)(H,22,23,24)/p-2. The summed E-state index contributed by atoms with van der Waals surface area (Å²) in [5.41, 5.74) is 2.60. The second-order valence-corrected chi connectivity index (χ2v) is 9.37. The van der Waals surface area contributed by atoms with E-state index in [1.807, 2.05) is 0 Å². The molecule has 0 N–H and O–H groups in total. The van der Waals surface area contributed by atoms with Crippen LogP contribution in [0.1, 0.15) is 22.3 Å². The van der Waals surface area contributed by atoms with Gasteiger partial charge in [0.05, 0.1) is 19.8 Å². The Balaban J connectivity index is 2.96. The number of halogens is 2. The van der Waals surface area contributed by atoms with E-state index >= 15 is 0 Å². The van der Waals surface area contributed by atoms with Crippen molar-refractivity contribution in [3.8, 4) is 11.1 Å². The first-order valence-corrected chi connectivity index (χ1v) is 10.8. The molecular weight excluding hydrogens is 423 g/mol. The molecule has 6 nitrogen and oxygen atoms in total. The van der Waals surface area contributed by atoms with Gasteiger partial charge < -0.3 is 9.11 Å². The number of rotatable bonds is 3. The fourth-order valence-electron chi connectivity index (χ4n) is 2.98. The third-order valence-corrected chi connectivity index (χ3v) is 7.03. The van der Waals surface area contributed by atoms with Crippen molar-refractivity contribution >= 4 is 43.4 Å². The van der Waals surface area contributed by atoms with E-state index in [2.05, 4.69) is 0 Å². The molecule has 2 rings (SSSR count). The van der Waals surface area contributed by atoms with Crippen LogP contribution in [-0.4, -0.2) is 25.9 Å². The van der Waals surface area contributed by atoms with Gasteiger partial charge in [-0.15, -0.1) is 0 Å². The van der Waals surface area contributed by atoms with Gasteiger partial charge in [0, 0.05) is 0 Å². The maximum absolute atomic E-state index is 11.4. The molecule has 0 aromatic heterocycles. The molecule has 0 atom stereocenters. The fourth-order valence-corrected chi connectivity index (χ4v) is 5.23. The van der Waals surface area contributed by atoms with E-state index in [-0.39, 0.29) is 10.0 Å². The van der Waals surface area contributed by atoms with Gasteiger partial charge in [0.25, 0.3) is 0 Å². The van der Waals surface area contributed by atoms with Crippen molar-refractivity contribution in [3.05, 3.63) is 44.4 Å². The molecule has 2 aromatic carbocycles. The van der Waals surface area contributed by atoms with Crippen molar-refractivity contribution in [2.24, 2.45) is 0 Å². The highest BCUT2D eigenvalue weighted by Gasteiger charge is 2.22. The van der Waals surface area contributed by atoms with Crippen LogP contribution in [0.3, 0.4) is 0 Å². The van der Waals surface area contributed by atoms with Crippen LogP contribution in [0.4, 0.5) is 0 Å². The summed E-state index contributed by atoms with van der Waals surface area (Å²) in [5, 5.41) is -0.424. The Labute approximate surface area is 162 Å². The Morgan fingerprint density at radius 2 is 0.962 bits per heavy atom. The van der Waals surface area contributed by atoms with E-state index in [1.54, 1.807) is 27.7 Å². The molecule has 0 saturated carbocycles. The topological polar surface area (TPSA) is 114 Å². The molecule has 0 radical (unpaired) electrons. The molecule has 0 aliphatic rings. The average molecular weight is 437 g/mol. The molecule has 0 bridgehead atoms. The molecule has 0 amide bonds. The quantitative estimate of drug-likeness (QED) is 0.677. The van der Waals surface area contributed by atoms with Crippen LogP contribution in [0.25, 0.3) is 11.1 Å². The molecule has 0 saturated heterocycles. The summed E-state index contributed by atoms with van der Waals surface area (Å²) < 4.78 is 68.3. The Bertz CT molecular complexity index is 1040. The third kappa shape index (κ3) is 3.62. The number of benzene rings is 2. The van der Waals surface area contributed by atoms with E-state index in [1.165, 1.54) is 0 Å². The lowest BCUT2D eigenvalue weighted by Crippen LogP contribution is -2.06. The second-order valence-electron chi connectivity index (χ2n) is 5.92. The number of hydrogen-bond donors (Lipinski definition) is 0. The number of hydrogen-bond acceptors (Lipinski definition) is 6. The van der Waals surface area contributed by atoms with Crippen molar-refractivity contribution in [2.75, 3.05) is 0 Å². The van der Waals surface area contributed by atoms with Gasteiger partial charge in [-0.2, -0.15) is 0 Å². The van der Waals surface area contributed by atoms with Gasteiger partial charge in [-0.05, 0) is 73.2 Å². The van der Waals surface area contributed by atoms with Gasteiger partial charge >= 0.3 is 0 Å². The van der Waals surface area contributed by atoms with Gasteiger partial charge in [-0.25, -0.2) is 16.8 Å². The highest BCUT2D eigenvalue weighted by molar-refractivity contribution is 7.86. The zero-order valence-electron chi connectivity index (χ0n) is 14.2. The fraction of sp³-hybridized carbons (Fsp3) is 0.250.